The van der Waals surface area contributed by atoms with E-state index in [2.05, 4.69) is 5.32 Å². The summed E-state index contributed by atoms with van der Waals surface area (Å²) in [5.74, 6) is -0.219. The lowest BCUT2D eigenvalue weighted by Gasteiger charge is -2.30. The van der Waals surface area contributed by atoms with Gasteiger partial charge in [0.25, 0.3) is 0 Å². The molecule has 18 heavy (non-hydrogen) atoms. The maximum atomic E-state index is 11.0. The average molecular weight is 247 g/mol. The highest BCUT2D eigenvalue weighted by molar-refractivity contribution is 5.87. The molecule has 1 fully saturated rings. The number of hydrogen-bond donors (Lipinski definition) is 2. The Balaban J connectivity index is 2.20. The van der Waals surface area contributed by atoms with E-state index in [-0.39, 0.29) is 6.04 Å². The molecular weight excluding hydrogens is 226 g/mol. The SMILES string of the molecule is CNC(c1cccc(C(=O)O)c1)C1CCCCC1. The molecule has 1 aliphatic rings. The molecule has 0 aromatic heterocycles. The van der Waals surface area contributed by atoms with E-state index in [9.17, 15) is 4.79 Å². The first kappa shape index (κ1) is 13.1. The molecule has 2 rings (SSSR count). The number of carbonyl (C=O) groups is 1. The molecule has 1 atom stereocenters. The Morgan fingerprint density at radius 3 is 2.67 bits per heavy atom. The Morgan fingerprint density at radius 1 is 1.33 bits per heavy atom. The number of rotatable bonds is 4. The van der Waals surface area contributed by atoms with Crippen molar-refractivity contribution in [2.75, 3.05) is 7.05 Å². The van der Waals surface area contributed by atoms with Gasteiger partial charge in [0.05, 0.1) is 5.56 Å². The highest BCUT2D eigenvalue weighted by Crippen LogP contribution is 2.34. The summed E-state index contributed by atoms with van der Waals surface area (Å²) in [6, 6.07) is 7.61. The Morgan fingerprint density at radius 2 is 2.06 bits per heavy atom. The lowest BCUT2D eigenvalue weighted by molar-refractivity contribution is 0.0696. The van der Waals surface area contributed by atoms with E-state index in [4.69, 9.17) is 5.11 Å². The molecule has 98 valence electrons. The van der Waals surface area contributed by atoms with Gasteiger partial charge in [0.1, 0.15) is 0 Å². The van der Waals surface area contributed by atoms with Crippen molar-refractivity contribution in [3.05, 3.63) is 35.4 Å². The molecular formula is C15H21NO2. The van der Waals surface area contributed by atoms with Gasteiger partial charge >= 0.3 is 5.97 Å². The van der Waals surface area contributed by atoms with Crippen LogP contribution in [0, 0.1) is 5.92 Å². The van der Waals surface area contributed by atoms with Crippen molar-refractivity contribution in [1.29, 1.82) is 0 Å². The number of nitrogens with one attached hydrogen (secondary N) is 1. The van der Waals surface area contributed by atoms with E-state index in [1.165, 1.54) is 32.1 Å². The van der Waals surface area contributed by atoms with Crippen LogP contribution in [-0.2, 0) is 0 Å². The van der Waals surface area contributed by atoms with Crippen molar-refractivity contribution >= 4 is 5.97 Å². The Kier molecular flexibility index (Phi) is 4.37. The number of carboxylic acid groups (broad SMARTS) is 1. The van der Waals surface area contributed by atoms with Crippen LogP contribution in [0.15, 0.2) is 24.3 Å². The summed E-state index contributed by atoms with van der Waals surface area (Å²) in [4.78, 5) is 11.0. The number of aromatic carboxylic acids is 1. The van der Waals surface area contributed by atoms with Crippen LogP contribution in [0.2, 0.25) is 0 Å². The van der Waals surface area contributed by atoms with Crippen LogP contribution >= 0.6 is 0 Å². The summed E-state index contributed by atoms with van der Waals surface area (Å²) >= 11 is 0. The maximum Gasteiger partial charge on any atom is 0.335 e. The van der Waals surface area contributed by atoms with Gasteiger partial charge in [-0.1, -0.05) is 31.4 Å². The van der Waals surface area contributed by atoms with E-state index in [0.29, 0.717) is 11.5 Å². The molecule has 0 heterocycles. The topological polar surface area (TPSA) is 49.3 Å². The second kappa shape index (κ2) is 6.01. The molecule has 0 aliphatic heterocycles. The molecule has 3 nitrogen and oxygen atoms in total. The smallest absolute Gasteiger partial charge is 0.335 e. The number of carboxylic acids is 1. The van der Waals surface area contributed by atoms with Gasteiger partial charge in [-0.2, -0.15) is 0 Å². The van der Waals surface area contributed by atoms with Gasteiger partial charge in [-0.25, -0.2) is 4.79 Å². The van der Waals surface area contributed by atoms with Crippen molar-refractivity contribution in [3.8, 4) is 0 Å². The molecule has 1 unspecified atom stereocenters. The van der Waals surface area contributed by atoms with Crippen LogP contribution in [0.1, 0.15) is 54.1 Å². The van der Waals surface area contributed by atoms with E-state index >= 15 is 0 Å². The first-order valence-corrected chi connectivity index (χ1v) is 6.73. The molecule has 0 bridgehead atoms. The van der Waals surface area contributed by atoms with Gasteiger partial charge < -0.3 is 10.4 Å². The van der Waals surface area contributed by atoms with Gasteiger partial charge in [-0.3, -0.25) is 0 Å². The standard InChI is InChI=1S/C15H21NO2/c1-16-14(11-6-3-2-4-7-11)12-8-5-9-13(10-12)15(17)18/h5,8-11,14,16H,2-4,6-7H2,1H3,(H,17,18). The third-order valence-corrected chi connectivity index (χ3v) is 3.92. The van der Waals surface area contributed by atoms with Gasteiger partial charge in [0, 0.05) is 6.04 Å². The second-order valence-corrected chi connectivity index (χ2v) is 5.10. The number of hydrogen-bond acceptors (Lipinski definition) is 2. The first-order valence-electron chi connectivity index (χ1n) is 6.73. The predicted octanol–water partition coefficient (Wildman–Crippen LogP) is 3.23. The minimum atomic E-state index is -0.852. The molecule has 0 spiro atoms. The largest absolute Gasteiger partial charge is 0.478 e. The van der Waals surface area contributed by atoms with Gasteiger partial charge in [-0.05, 0) is 43.5 Å². The summed E-state index contributed by atoms with van der Waals surface area (Å²) in [5.41, 5.74) is 1.48. The maximum absolute atomic E-state index is 11.0. The lowest BCUT2D eigenvalue weighted by Crippen LogP contribution is -2.27. The summed E-state index contributed by atoms with van der Waals surface area (Å²) in [6.45, 7) is 0. The molecule has 3 heteroatoms. The van der Waals surface area contributed by atoms with Crippen LogP contribution in [0.4, 0.5) is 0 Å². The van der Waals surface area contributed by atoms with E-state index in [1.807, 2.05) is 19.2 Å². The third-order valence-electron chi connectivity index (χ3n) is 3.92. The normalized spacial score (nSPS) is 18.5. The van der Waals surface area contributed by atoms with Crippen LogP contribution in [0.25, 0.3) is 0 Å². The molecule has 1 aromatic carbocycles. The van der Waals surface area contributed by atoms with E-state index < -0.39 is 5.97 Å². The number of benzene rings is 1. The molecule has 1 saturated carbocycles. The van der Waals surface area contributed by atoms with E-state index in [1.54, 1.807) is 12.1 Å². The summed E-state index contributed by atoms with van der Waals surface area (Å²) in [5, 5.41) is 12.4. The van der Waals surface area contributed by atoms with Crippen LogP contribution in [-0.4, -0.2) is 18.1 Å². The van der Waals surface area contributed by atoms with Crippen molar-refractivity contribution in [3.63, 3.8) is 0 Å². The molecule has 1 aliphatic carbocycles. The summed E-state index contributed by atoms with van der Waals surface area (Å²) in [7, 11) is 1.96. The lowest BCUT2D eigenvalue weighted by atomic mass is 9.81. The monoisotopic (exact) mass is 247 g/mol. The fourth-order valence-corrected chi connectivity index (χ4v) is 3.01. The first-order chi connectivity index (χ1) is 8.72. The fraction of sp³-hybridized carbons (Fsp3) is 0.533. The zero-order valence-electron chi connectivity index (χ0n) is 10.9. The van der Waals surface area contributed by atoms with Gasteiger partial charge in [0.2, 0.25) is 0 Å². The van der Waals surface area contributed by atoms with E-state index in [0.717, 1.165) is 5.56 Å². The summed E-state index contributed by atoms with van der Waals surface area (Å²) in [6.07, 6.45) is 6.40. The van der Waals surface area contributed by atoms with Crippen molar-refractivity contribution in [2.24, 2.45) is 5.92 Å². The van der Waals surface area contributed by atoms with Crippen molar-refractivity contribution < 1.29 is 9.90 Å². The molecule has 2 N–H and O–H groups in total. The zero-order chi connectivity index (χ0) is 13.0. The molecule has 0 amide bonds. The molecule has 0 radical (unpaired) electrons. The fourth-order valence-electron chi connectivity index (χ4n) is 3.01. The average Bonchev–Trinajstić information content (AvgIpc) is 2.41. The molecule has 1 aromatic rings. The highest BCUT2D eigenvalue weighted by Gasteiger charge is 2.24. The zero-order valence-corrected chi connectivity index (χ0v) is 10.9. The Labute approximate surface area is 108 Å². The Hall–Kier alpha value is -1.35. The highest BCUT2D eigenvalue weighted by atomic mass is 16.4. The van der Waals surface area contributed by atoms with Crippen LogP contribution < -0.4 is 5.32 Å². The minimum absolute atomic E-state index is 0.282. The van der Waals surface area contributed by atoms with Crippen LogP contribution in [0.3, 0.4) is 0 Å². The Bertz CT molecular complexity index is 411. The van der Waals surface area contributed by atoms with Crippen molar-refractivity contribution in [1.82, 2.24) is 5.32 Å². The third kappa shape index (κ3) is 2.91. The van der Waals surface area contributed by atoms with Crippen LogP contribution in [0.5, 0.6) is 0 Å². The van der Waals surface area contributed by atoms with Crippen molar-refractivity contribution in [2.45, 2.75) is 38.1 Å². The minimum Gasteiger partial charge on any atom is -0.478 e. The second-order valence-electron chi connectivity index (χ2n) is 5.10. The van der Waals surface area contributed by atoms with Gasteiger partial charge in [0.15, 0.2) is 0 Å². The predicted molar refractivity (Wildman–Crippen MR) is 71.8 cm³/mol. The van der Waals surface area contributed by atoms with Gasteiger partial charge in [-0.15, -0.1) is 0 Å². The quantitative estimate of drug-likeness (QED) is 0.858. The summed E-state index contributed by atoms with van der Waals surface area (Å²) < 4.78 is 0. The molecule has 0 saturated heterocycles.